The van der Waals surface area contributed by atoms with Crippen LogP contribution in [0.5, 0.6) is 5.75 Å². The molecule has 1 aliphatic rings. The number of anilines is 1. The zero-order chi connectivity index (χ0) is 23.1. The second kappa shape index (κ2) is 13.7. The van der Waals surface area contributed by atoms with E-state index in [0.717, 1.165) is 76.8 Å². The maximum absolute atomic E-state index is 5.55. The molecular weight excluding hydrogens is 728 g/mol. The molecule has 1 aliphatic heterocycles. The number of rotatable bonds is 5. The SMILES string of the molecule is CCOc1ccc(-c2nc3cc(-c4nc5cc(N6CCN(C)CC6)ccc5[nH]4)ccc3[nH]2)cc1.Cl.Cl.Cl.[Au]. The largest absolute Gasteiger partial charge is 0.494 e. The molecule has 11 heteroatoms. The molecule has 5 aromatic rings. The molecule has 0 atom stereocenters. The number of benzene rings is 3. The van der Waals surface area contributed by atoms with Gasteiger partial charge in [0.2, 0.25) is 0 Å². The van der Waals surface area contributed by atoms with Crippen molar-refractivity contribution in [1.29, 1.82) is 0 Å². The Balaban J connectivity index is 0.00000127. The average molecular weight is 759 g/mol. The molecule has 0 amide bonds. The quantitative estimate of drug-likeness (QED) is 0.210. The number of ether oxygens (including phenoxy) is 1. The molecule has 1 fully saturated rings. The second-order valence-electron chi connectivity index (χ2n) is 8.85. The number of piperazine rings is 1. The first-order valence-electron chi connectivity index (χ1n) is 11.8. The van der Waals surface area contributed by atoms with Crippen molar-refractivity contribution in [2.75, 3.05) is 44.7 Å². The summed E-state index contributed by atoms with van der Waals surface area (Å²) in [6, 6.07) is 20.8. The van der Waals surface area contributed by atoms with Crippen molar-refractivity contribution < 1.29 is 27.1 Å². The third-order valence-corrected chi connectivity index (χ3v) is 6.53. The number of likely N-dealkylation sites (N-methyl/N-ethyl adjacent to an activating group) is 1. The first kappa shape index (κ1) is 32.0. The van der Waals surface area contributed by atoms with Gasteiger partial charge in [-0.15, -0.1) is 37.2 Å². The Morgan fingerprint density at radius 1 is 0.737 bits per heavy atom. The summed E-state index contributed by atoms with van der Waals surface area (Å²) in [5.41, 5.74) is 7.24. The van der Waals surface area contributed by atoms with E-state index in [-0.39, 0.29) is 59.6 Å². The Bertz CT molecular complexity index is 1470. The Morgan fingerprint density at radius 2 is 1.29 bits per heavy atom. The van der Waals surface area contributed by atoms with Crippen molar-refractivity contribution in [2.24, 2.45) is 0 Å². The van der Waals surface area contributed by atoms with Crippen LogP contribution in [-0.4, -0.2) is 64.7 Å². The fraction of sp³-hybridized carbons (Fsp3) is 0.259. The van der Waals surface area contributed by atoms with E-state index in [1.165, 1.54) is 5.69 Å². The van der Waals surface area contributed by atoms with Crippen molar-refractivity contribution in [1.82, 2.24) is 24.8 Å². The van der Waals surface area contributed by atoms with E-state index in [1.807, 2.05) is 31.2 Å². The van der Waals surface area contributed by atoms with Gasteiger partial charge in [-0.05, 0) is 74.6 Å². The molecule has 6 rings (SSSR count). The number of nitrogens with one attached hydrogen (secondary N) is 2. The zero-order valence-corrected chi connectivity index (χ0v) is 25.6. The maximum Gasteiger partial charge on any atom is 0.138 e. The van der Waals surface area contributed by atoms with Crippen LogP contribution in [0.15, 0.2) is 60.7 Å². The molecule has 3 aromatic carbocycles. The minimum atomic E-state index is 0. The summed E-state index contributed by atoms with van der Waals surface area (Å²) in [6.07, 6.45) is 0. The number of aromatic amines is 2. The zero-order valence-electron chi connectivity index (χ0n) is 21.0. The van der Waals surface area contributed by atoms with Crippen molar-refractivity contribution in [2.45, 2.75) is 6.92 Å². The molecule has 0 saturated carbocycles. The second-order valence-corrected chi connectivity index (χ2v) is 8.85. The van der Waals surface area contributed by atoms with E-state index in [9.17, 15) is 0 Å². The number of imidazole rings is 2. The number of aromatic nitrogens is 4. The number of H-pyrrole nitrogens is 2. The number of fused-ring (bicyclic) bond motifs is 2. The first-order valence-corrected chi connectivity index (χ1v) is 11.8. The van der Waals surface area contributed by atoms with Crippen molar-refractivity contribution in [3.05, 3.63) is 60.7 Å². The van der Waals surface area contributed by atoms with E-state index < -0.39 is 0 Å². The van der Waals surface area contributed by atoms with Gasteiger partial charge in [-0.2, -0.15) is 0 Å². The average Bonchev–Trinajstić information content (AvgIpc) is 3.48. The van der Waals surface area contributed by atoms with Gasteiger partial charge < -0.3 is 24.5 Å². The summed E-state index contributed by atoms with van der Waals surface area (Å²) < 4.78 is 5.55. The van der Waals surface area contributed by atoms with Crippen molar-refractivity contribution in [3.63, 3.8) is 0 Å². The van der Waals surface area contributed by atoms with Gasteiger partial charge in [-0.25, -0.2) is 9.97 Å². The monoisotopic (exact) mass is 757 g/mol. The third-order valence-electron chi connectivity index (χ3n) is 6.53. The number of hydrogen-bond acceptors (Lipinski definition) is 5. The van der Waals surface area contributed by atoms with E-state index in [4.69, 9.17) is 14.7 Å². The smallest absolute Gasteiger partial charge is 0.138 e. The van der Waals surface area contributed by atoms with Crippen LogP contribution in [0.25, 0.3) is 44.8 Å². The van der Waals surface area contributed by atoms with Gasteiger partial charge >= 0.3 is 0 Å². The Labute approximate surface area is 256 Å². The van der Waals surface area contributed by atoms with Crippen LogP contribution in [0, 0.1) is 0 Å². The van der Waals surface area contributed by atoms with Crippen molar-refractivity contribution in [3.8, 4) is 28.5 Å². The van der Waals surface area contributed by atoms with Crippen LogP contribution < -0.4 is 9.64 Å². The Hall–Kier alpha value is -2.23. The predicted octanol–water partition coefficient (Wildman–Crippen LogP) is 6.19. The van der Waals surface area contributed by atoms with Crippen LogP contribution in [0.3, 0.4) is 0 Å². The summed E-state index contributed by atoms with van der Waals surface area (Å²) in [5.74, 6) is 2.57. The summed E-state index contributed by atoms with van der Waals surface area (Å²) in [5, 5.41) is 0. The van der Waals surface area contributed by atoms with Gasteiger partial charge in [-0.3, -0.25) is 0 Å². The third kappa shape index (κ3) is 6.49. The molecule has 2 N–H and O–H groups in total. The van der Waals surface area contributed by atoms with Crippen molar-refractivity contribution >= 4 is 65.0 Å². The van der Waals surface area contributed by atoms with Crippen LogP contribution in [0.4, 0.5) is 5.69 Å². The van der Waals surface area contributed by atoms with Gasteiger partial charge in [0.1, 0.15) is 17.4 Å². The topological polar surface area (TPSA) is 73.1 Å². The molecule has 0 aliphatic carbocycles. The number of halogens is 3. The van der Waals surface area contributed by atoms with Crippen LogP contribution in [0.1, 0.15) is 6.92 Å². The first-order chi connectivity index (χ1) is 16.7. The van der Waals surface area contributed by atoms with E-state index in [1.54, 1.807) is 0 Å². The maximum atomic E-state index is 5.55. The molecule has 0 bridgehead atoms. The fourth-order valence-electron chi connectivity index (χ4n) is 4.56. The van der Waals surface area contributed by atoms with Crippen LogP contribution in [0.2, 0.25) is 0 Å². The molecule has 207 valence electrons. The molecule has 1 saturated heterocycles. The van der Waals surface area contributed by atoms with Gasteiger partial charge in [0.15, 0.2) is 0 Å². The molecule has 7 nitrogen and oxygen atoms in total. The Morgan fingerprint density at radius 3 is 1.92 bits per heavy atom. The van der Waals surface area contributed by atoms with E-state index in [0.29, 0.717) is 6.61 Å². The van der Waals surface area contributed by atoms with E-state index >= 15 is 0 Å². The Kier molecular flexibility index (Phi) is 11.5. The fourth-order valence-corrected chi connectivity index (χ4v) is 4.56. The summed E-state index contributed by atoms with van der Waals surface area (Å²) in [6.45, 7) is 6.92. The normalized spacial score (nSPS) is 13.3. The molecule has 2 aromatic heterocycles. The summed E-state index contributed by atoms with van der Waals surface area (Å²) in [7, 11) is 2.18. The molecule has 1 radical (unpaired) electrons. The standard InChI is InChI=1S/C27H28N6O.Au.3ClH/c1-3-34-21-8-4-18(5-9-21)26-28-22-10-6-19(16-24(22)30-26)27-29-23-11-7-20(17-25(23)31-27)33-14-12-32(2)13-15-33;;;;/h4-11,16-17H,3,12-15H2,1-2H3,(H,28,30)(H,29,31);;3*1H. The molecule has 3 heterocycles. The van der Waals surface area contributed by atoms with Crippen LogP contribution >= 0.6 is 37.2 Å². The van der Waals surface area contributed by atoms with Crippen LogP contribution in [-0.2, 0) is 22.4 Å². The van der Waals surface area contributed by atoms with Gasteiger partial charge in [0, 0.05) is 65.4 Å². The van der Waals surface area contributed by atoms with Gasteiger partial charge in [0.05, 0.1) is 28.7 Å². The number of hydrogen-bond donors (Lipinski definition) is 2. The number of nitrogens with zero attached hydrogens (tertiary/aromatic N) is 4. The van der Waals surface area contributed by atoms with Gasteiger partial charge in [0.25, 0.3) is 0 Å². The molecule has 0 unspecified atom stereocenters. The van der Waals surface area contributed by atoms with E-state index in [2.05, 4.69) is 63.2 Å². The summed E-state index contributed by atoms with van der Waals surface area (Å²) in [4.78, 5) is 21.4. The minimum Gasteiger partial charge on any atom is -0.494 e. The minimum absolute atomic E-state index is 0. The molecular formula is C27H31AuCl3N6O. The molecule has 0 spiro atoms. The summed E-state index contributed by atoms with van der Waals surface area (Å²) >= 11 is 0. The predicted molar refractivity (Wildman–Crippen MR) is 159 cm³/mol. The molecule has 38 heavy (non-hydrogen) atoms. The van der Waals surface area contributed by atoms with Gasteiger partial charge in [-0.1, -0.05) is 0 Å².